The minimum absolute atomic E-state index is 0.0993. The number of halogens is 1. The number of primary amides is 1. The molecule has 31 heavy (non-hydrogen) atoms. The summed E-state index contributed by atoms with van der Waals surface area (Å²) >= 11 is 0. The van der Waals surface area contributed by atoms with Gasteiger partial charge in [-0.25, -0.2) is 19.0 Å². The van der Waals surface area contributed by atoms with Crippen LogP contribution in [0.25, 0.3) is 0 Å². The molecular weight excluding hydrogens is 413 g/mol. The van der Waals surface area contributed by atoms with Gasteiger partial charge in [-0.05, 0) is 18.2 Å². The molecule has 4 amide bonds. The molecule has 3 N–H and O–H groups in total. The summed E-state index contributed by atoms with van der Waals surface area (Å²) in [4.78, 5) is 43.0. The first-order valence-electron chi connectivity index (χ1n) is 9.53. The summed E-state index contributed by atoms with van der Waals surface area (Å²) in [5.74, 6) is -0.917. The van der Waals surface area contributed by atoms with E-state index in [-0.39, 0.29) is 31.2 Å². The van der Waals surface area contributed by atoms with Crippen LogP contribution in [0.3, 0.4) is 0 Å². The van der Waals surface area contributed by atoms with Crippen LogP contribution in [-0.4, -0.2) is 74.0 Å². The van der Waals surface area contributed by atoms with E-state index in [9.17, 15) is 18.8 Å². The van der Waals surface area contributed by atoms with E-state index in [2.05, 4.69) is 15.6 Å². The van der Waals surface area contributed by atoms with Crippen LogP contribution in [0.2, 0.25) is 0 Å². The van der Waals surface area contributed by atoms with E-state index in [1.54, 1.807) is 6.07 Å². The van der Waals surface area contributed by atoms with Crippen LogP contribution in [0, 0.1) is 5.82 Å². The van der Waals surface area contributed by atoms with Gasteiger partial charge in [0, 0.05) is 19.2 Å². The van der Waals surface area contributed by atoms with Crippen molar-refractivity contribution in [2.24, 2.45) is 16.0 Å². The average Bonchev–Trinajstić information content (AvgIpc) is 3.42. The van der Waals surface area contributed by atoms with Crippen molar-refractivity contribution in [1.82, 2.24) is 10.3 Å². The van der Waals surface area contributed by atoms with Crippen LogP contribution in [0.1, 0.15) is 6.42 Å². The van der Waals surface area contributed by atoms with Crippen molar-refractivity contribution in [3.8, 4) is 0 Å². The second-order valence-corrected chi connectivity index (χ2v) is 7.00. The number of hydrogen-bond acceptors (Lipinski definition) is 8. The van der Waals surface area contributed by atoms with Gasteiger partial charge < -0.3 is 25.5 Å². The monoisotopic (exact) mass is 433 g/mol. The van der Waals surface area contributed by atoms with Crippen LogP contribution >= 0.6 is 0 Å². The van der Waals surface area contributed by atoms with Crippen molar-refractivity contribution in [3.05, 3.63) is 24.0 Å². The van der Waals surface area contributed by atoms with Crippen molar-refractivity contribution in [3.63, 3.8) is 0 Å². The van der Waals surface area contributed by atoms with Crippen LogP contribution < -0.4 is 20.9 Å². The minimum atomic E-state index is -0.686. The van der Waals surface area contributed by atoms with Crippen LogP contribution in [-0.2, 0) is 14.4 Å². The maximum absolute atomic E-state index is 14.7. The summed E-state index contributed by atoms with van der Waals surface area (Å²) in [7, 11) is 0. The predicted molar refractivity (Wildman–Crippen MR) is 107 cm³/mol. The molecule has 13 heteroatoms. The molecule has 1 aromatic carbocycles. The molecule has 1 unspecified atom stereocenters. The number of rotatable bonds is 5. The number of nitrogens with one attached hydrogen (secondary N) is 1. The normalized spacial score (nSPS) is 22.5. The lowest BCUT2D eigenvalue weighted by atomic mass is 10.2. The third-order valence-electron chi connectivity index (χ3n) is 4.94. The fourth-order valence-electron chi connectivity index (χ4n) is 3.31. The third kappa shape index (κ3) is 4.34. The largest absolute Gasteiger partial charge is 0.442 e. The molecule has 12 nitrogen and oxygen atoms in total. The number of amides is 4. The predicted octanol–water partition coefficient (Wildman–Crippen LogP) is 0.186. The van der Waals surface area contributed by atoms with Gasteiger partial charge in [-0.3, -0.25) is 9.69 Å². The molecule has 3 aliphatic rings. The lowest BCUT2D eigenvalue weighted by Gasteiger charge is -2.28. The summed E-state index contributed by atoms with van der Waals surface area (Å²) < 4.78 is 20.0. The van der Waals surface area contributed by atoms with E-state index in [1.165, 1.54) is 34.5 Å². The number of oxime groups is 1. The Morgan fingerprint density at radius 1 is 1.32 bits per heavy atom. The quantitative estimate of drug-likeness (QED) is 0.679. The van der Waals surface area contributed by atoms with Gasteiger partial charge in [-0.1, -0.05) is 5.16 Å². The maximum Gasteiger partial charge on any atom is 0.414 e. The first-order chi connectivity index (χ1) is 14.9. The standard InChI is InChI=1S/C18H20FN7O5/c19-13-7-11(1-2-14(13)24-5-6-26(17(20)28)22-10-24)25-9-12(30-18(25)29)8-21-16(27)15-3-4-23-31-15/h1-2,4,7,10,12,15H,3,5-6,8-9H2,(H2,20,28)(H,21,27)/t12-,15?/m0/s1. The van der Waals surface area contributed by atoms with E-state index in [0.717, 1.165) is 5.01 Å². The second-order valence-electron chi connectivity index (χ2n) is 7.00. The number of hydrogen-bond donors (Lipinski definition) is 2. The van der Waals surface area contributed by atoms with Gasteiger partial charge in [0.25, 0.3) is 5.91 Å². The summed E-state index contributed by atoms with van der Waals surface area (Å²) in [6, 6.07) is 3.62. The van der Waals surface area contributed by atoms with Crippen LogP contribution in [0.5, 0.6) is 0 Å². The zero-order valence-corrected chi connectivity index (χ0v) is 16.3. The summed E-state index contributed by atoms with van der Waals surface area (Å²) in [5, 5.41) is 11.1. The molecule has 4 rings (SSSR count). The molecule has 2 atom stereocenters. The summed E-state index contributed by atoms with van der Waals surface area (Å²) in [6.07, 6.45) is 1.30. The Bertz CT molecular complexity index is 947. The molecule has 3 aliphatic heterocycles. The van der Waals surface area contributed by atoms with Crippen molar-refractivity contribution in [1.29, 1.82) is 0 Å². The lowest BCUT2D eigenvalue weighted by molar-refractivity contribution is -0.131. The zero-order chi connectivity index (χ0) is 22.0. The fraction of sp³-hybridized carbons (Fsp3) is 0.389. The zero-order valence-electron chi connectivity index (χ0n) is 16.3. The minimum Gasteiger partial charge on any atom is -0.442 e. The smallest absolute Gasteiger partial charge is 0.414 e. The highest BCUT2D eigenvalue weighted by Gasteiger charge is 2.34. The van der Waals surface area contributed by atoms with Crippen molar-refractivity contribution >= 4 is 42.0 Å². The van der Waals surface area contributed by atoms with E-state index < -0.39 is 30.1 Å². The van der Waals surface area contributed by atoms with E-state index in [1.807, 2.05) is 0 Å². The Balaban J connectivity index is 1.36. The van der Waals surface area contributed by atoms with Gasteiger partial charge in [0.2, 0.25) is 6.10 Å². The van der Waals surface area contributed by atoms with E-state index >= 15 is 0 Å². The Labute approximate surface area is 176 Å². The SMILES string of the molecule is NC(=O)N1CCN(c2ccc(N3C[C@H](CNC(=O)C4CC=NO4)OC3=O)cc2F)C=N1. The number of nitrogens with zero attached hydrogens (tertiary/aromatic N) is 5. The molecular formula is C18H20FN7O5. The van der Waals surface area contributed by atoms with E-state index in [4.69, 9.17) is 15.3 Å². The lowest BCUT2D eigenvalue weighted by Crippen LogP contribution is -2.43. The summed E-state index contributed by atoms with van der Waals surface area (Å²) in [6.45, 7) is 0.781. The molecule has 3 heterocycles. The third-order valence-corrected chi connectivity index (χ3v) is 4.94. The number of anilines is 2. The second kappa shape index (κ2) is 8.45. The molecule has 0 saturated carbocycles. The highest BCUT2D eigenvalue weighted by molar-refractivity contribution is 5.91. The first-order valence-corrected chi connectivity index (χ1v) is 9.53. The number of carbonyl (C=O) groups is 3. The molecule has 0 spiro atoms. The van der Waals surface area contributed by atoms with Gasteiger partial charge in [-0.15, -0.1) is 0 Å². The molecule has 0 radical (unpaired) electrons. The molecule has 164 valence electrons. The van der Waals surface area contributed by atoms with E-state index in [0.29, 0.717) is 18.7 Å². The Hall–Kier alpha value is -3.90. The molecule has 0 aliphatic carbocycles. The Morgan fingerprint density at radius 3 is 2.81 bits per heavy atom. The molecule has 1 fully saturated rings. The summed E-state index contributed by atoms with van der Waals surface area (Å²) in [5.41, 5.74) is 5.72. The van der Waals surface area contributed by atoms with Gasteiger partial charge in [0.15, 0.2) is 0 Å². The molecule has 1 aromatic rings. The topological polar surface area (TPSA) is 142 Å². The number of nitrogens with two attached hydrogens (primary N) is 1. The fourth-order valence-corrected chi connectivity index (χ4v) is 3.31. The number of carbonyl (C=O) groups excluding carboxylic acids is 3. The number of benzene rings is 1. The number of hydrazone groups is 1. The van der Waals surface area contributed by atoms with Gasteiger partial charge in [0.05, 0.1) is 31.0 Å². The Kier molecular flexibility index (Phi) is 5.56. The van der Waals surface area contributed by atoms with Crippen molar-refractivity contribution in [2.75, 3.05) is 36.0 Å². The van der Waals surface area contributed by atoms with Gasteiger partial charge in [-0.2, -0.15) is 5.10 Å². The Morgan fingerprint density at radius 2 is 2.16 bits per heavy atom. The number of ether oxygens (including phenoxy) is 1. The number of urea groups is 1. The highest BCUT2D eigenvalue weighted by atomic mass is 19.1. The molecule has 0 aromatic heterocycles. The maximum atomic E-state index is 14.7. The van der Waals surface area contributed by atoms with Crippen molar-refractivity contribution in [2.45, 2.75) is 18.6 Å². The van der Waals surface area contributed by atoms with Gasteiger partial charge >= 0.3 is 12.1 Å². The molecule has 1 saturated heterocycles. The average molecular weight is 433 g/mol. The van der Waals surface area contributed by atoms with Crippen molar-refractivity contribution < 1.29 is 28.3 Å². The molecule has 0 bridgehead atoms. The first kappa shape index (κ1) is 20.4. The van der Waals surface area contributed by atoms with Crippen LogP contribution in [0.4, 0.5) is 25.4 Å². The highest BCUT2D eigenvalue weighted by Crippen LogP contribution is 2.28. The van der Waals surface area contributed by atoms with Crippen LogP contribution in [0.15, 0.2) is 28.5 Å². The number of cyclic esters (lactones) is 1. The van der Waals surface area contributed by atoms with Gasteiger partial charge in [0.1, 0.15) is 18.3 Å².